The Labute approximate surface area is 344 Å². The molecule has 58 heavy (non-hydrogen) atoms. The Morgan fingerprint density at radius 1 is 0.328 bits per heavy atom. The molecular weight excluding hydrogens is 733 g/mol. The highest BCUT2D eigenvalue weighted by atomic mass is 32.1. The molecule has 2 unspecified atom stereocenters. The molecule has 0 saturated heterocycles. The molecule has 0 radical (unpaired) electrons. The van der Waals surface area contributed by atoms with Gasteiger partial charge in [0.2, 0.25) is 0 Å². The number of hydrogen-bond acceptors (Lipinski definition) is 1. The third-order valence-electron chi connectivity index (χ3n) is 13.0. The maximum atomic E-state index is 2.51. The van der Waals surface area contributed by atoms with E-state index in [1.165, 1.54) is 96.6 Å². The zero-order chi connectivity index (χ0) is 38.2. The van der Waals surface area contributed by atoms with Crippen LogP contribution in [-0.4, -0.2) is 8.07 Å². The summed E-state index contributed by atoms with van der Waals surface area (Å²) in [6.07, 6.45) is 0. The summed E-state index contributed by atoms with van der Waals surface area (Å²) in [5, 5.41) is 8.37. The van der Waals surface area contributed by atoms with Crippen LogP contribution in [-0.2, 0) is 0 Å². The average molecular weight is 771 g/mol. The van der Waals surface area contributed by atoms with Crippen molar-refractivity contribution >= 4 is 60.3 Å². The molecular formula is C56H38SSi. The zero-order valence-corrected chi connectivity index (χ0v) is 33.7. The van der Waals surface area contributed by atoms with Crippen molar-refractivity contribution in [1.82, 2.24) is 0 Å². The van der Waals surface area contributed by atoms with E-state index in [4.69, 9.17) is 0 Å². The molecule has 1 aromatic heterocycles. The Hall–Kier alpha value is -6.58. The molecule has 0 aliphatic heterocycles. The third kappa shape index (κ3) is 4.86. The highest BCUT2D eigenvalue weighted by Crippen LogP contribution is 2.57. The Bertz CT molecular complexity index is 3140. The molecule has 10 aromatic rings. The van der Waals surface area contributed by atoms with Gasteiger partial charge in [0.05, 0.1) is 0 Å². The molecule has 3 aliphatic rings. The van der Waals surface area contributed by atoms with E-state index >= 15 is 0 Å². The van der Waals surface area contributed by atoms with Gasteiger partial charge in [0.15, 0.2) is 8.07 Å². The quantitative estimate of drug-likeness (QED) is 0.117. The van der Waals surface area contributed by atoms with E-state index in [1.54, 1.807) is 0 Å². The summed E-state index contributed by atoms with van der Waals surface area (Å²) in [7, 11) is -2.97. The molecule has 2 bridgehead atoms. The van der Waals surface area contributed by atoms with Crippen molar-refractivity contribution in [1.29, 1.82) is 0 Å². The zero-order valence-electron chi connectivity index (χ0n) is 31.8. The van der Waals surface area contributed by atoms with Crippen LogP contribution in [0.15, 0.2) is 218 Å². The van der Waals surface area contributed by atoms with Crippen molar-refractivity contribution in [2.45, 2.75) is 11.8 Å². The number of thiophene rings is 1. The molecule has 13 rings (SSSR count). The van der Waals surface area contributed by atoms with E-state index in [2.05, 4.69) is 218 Å². The van der Waals surface area contributed by atoms with Crippen LogP contribution >= 0.6 is 11.3 Å². The van der Waals surface area contributed by atoms with Crippen LogP contribution in [0.3, 0.4) is 0 Å². The standard InChI is InChI=1S/C56H38SSi/c1-4-17-37(18-5-1)38-19-14-24-42(35-38)58(40-20-6-2-7-21-40,41-22-8-3-9-23-41)52-32-16-30-49-53-46-26-10-11-27-47(46)56(55(49)52)54-43(28-15-29-48(53)54)39-33-34-45-44-25-12-13-31-50(44)57-51(45)36-39/h1-36,53,56H. The molecule has 9 aromatic carbocycles. The van der Waals surface area contributed by atoms with E-state index in [0.717, 1.165) is 0 Å². The van der Waals surface area contributed by atoms with Gasteiger partial charge < -0.3 is 0 Å². The third-order valence-corrected chi connectivity index (χ3v) is 19.0. The minimum atomic E-state index is -2.97. The number of benzene rings is 9. The Balaban J connectivity index is 1.17. The average Bonchev–Trinajstić information content (AvgIpc) is 3.68. The smallest absolute Gasteiger partial charge is 0.135 e. The highest BCUT2D eigenvalue weighted by molar-refractivity contribution is 7.25. The first-order chi connectivity index (χ1) is 28.8. The fourth-order valence-electron chi connectivity index (χ4n) is 10.7. The molecule has 0 saturated carbocycles. The molecule has 0 nitrogen and oxygen atoms in total. The topological polar surface area (TPSA) is 0 Å². The van der Waals surface area contributed by atoms with Crippen LogP contribution in [0, 0.1) is 0 Å². The maximum absolute atomic E-state index is 2.97. The molecule has 0 amide bonds. The van der Waals surface area contributed by atoms with E-state index in [0.29, 0.717) is 0 Å². The van der Waals surface area contributed by atoms with E-state index < -0.39 is 8.07 Å². The monoisotopic (exact) mass is 770 g/mol. The van der Waals surface area contributed by atoms with E-state index in [9.17, 15) is 0 Å². The molecule has 2 atom stereocenters. The summed E-state index contributed by atoms with van der Waals surface area (Å²) >= 11 is 1.90. The lowest BCUT2D eigenvalue weighted by atomic mass is 9.60. The van der Waals surface area contributed by atoms with Gasteiger partial charge in [-0.1, -0.05) is 206 Å². The van der Waals surface area contributed by atoms with Crippen LogP contribution in [0.5, 0.6) is 0 Å². The van der Waals surface area contributed by atoms with Crippen molar-refractivity contribution in [2.24, 2.45) is 0 Å². The van der Waals surface area contributed by atoms with Gasteiger partial charge in [-0.25, -0.2) is 0 Å². The van der Waals surface area contributed by atoms with Crippen LogP contribution in [0.4, 0.5) is 0 Å². The number of fused-ring (bicyclic) bond motifs is 3. The summed E-state index contributed by atoms with van der Waals surface area (Å²) in [5.41, 5.74) is 13.9. The molecule has 272 valence electrons. The summed E-state index contributed by atoms with van der Waals surface area (Å²) < 4.78 is 2.69. The lowest BCUT2D eigenvalue weighted by molar-refractivity contribution is 0.760. The van der Waals surface area contributed by atoms with Crippen molar-refractivity contribution in [2.75, 3.05) is 0 Å². The van der Waals surface area contributed by atoms with Crippen molar-refractivity contribution < 1.29 is 0 Å². The minimum absolute atomic E-state index is 0.0771. The van der Waals surface area contributed by atoms with Gasteiger partial charge >= 0.3 is 0 Å². The molecule has 0 spiro atoms. The molecule has 2 heteroatoms. The van der Waals surface area contributed by atoms with Crippen LogP contribution < -0.4 is 20.7 Å². The Kier molecular flexibility index (Phi) is 7.66. The first-order valence-electron chi connectivity index (χ1n) is 20.3. The Morgan fingerprint density at radius 3 is 1.64 bits per heavy atom. The van der Waals surface area contributed by atoms with Gasteiger partial charge in [0, 0.05) is 32.0 Å². The van der Waals surface area contributed by atoms with Gasteiger partial charge in [-0.05, 0) is 88.5 Å². The summed E-state index contributed by atoms with van der Waals surface area (Å²) in [6, 6.07) is 83.1. The van der Waals surface area contributed by atoms with E-state index in [1.807, 2.05) is 11.3 Å². The second kappa shape index (κ2) is 13.2. The normalized spacial score (nSPS) is 15.2. The van der Waals surface area contributed by atoms with Crippen molar-refractivity contribution in [3.63, 3.8) is 0 Å². The summed E-state index contributed by atoms with van der Waals surface area (Å²) in [5.74, 6) is 0.223. The van der Waals surface area contributed by atoms with E-state index in [-0.39, 0.29) is 11.8 Å². The van der Waals surface area contributed by atoms with Crippen LogP contribution in [0.25, 0.3) is 42.4 Å². The first kappa shape index (κ1) is 33.5. The van der Waals surface area contributed by atoms with Gasteiger partial charge in [-0.3, -0.25) is 0 Å². The van der Waals surface area contributed by atoms with Gasteiger partial charge in [-0.15, -0.1) is 11.3 Å². The van der Waals surface area contributed by atoms with Crippen LogP contribution in [0.2, 0.25) is 0 Å². The molecule has 1 heterocycles. The van der Waals surface area contributed by atoms with Crippen LogP contribution in [0.1, 0.15) is 45.2 Å². The lowest BCUT2D eigenvalue weighted by Gasteiger charge is -2.47. The Morgan fingerprint density at radius 2 is 0.879 bits per heavy atom. The fraction of sp³-hybridized carbons (Fsp3) is 0.0357. The second-order valence-corrected chi connectivity index (χ2v) is 20.7. The SMILES string of the molecule is c1ccc(-c2cccc([Si](c3ccccc3)(c3ccccc3)c3cccc4c3C3c5ccccc5C4c4cccc(-c5ccc6c(c5)sc5ccccc56)c43)c2)cc1. The van der Waals surface area contributed by atoms with Gasteiger partial charge in [-0.2, -0.15) is 0 Å². The minimum Gasteiger partial charge on any atom is -0.135 e. The molecule has 0 N–H and O–H groups in total. The summed E-state index contributed by atoms with van der Waals surface area (Å²) in [6.45, 7) is 0. The second-order valence-electron chi connectivity index (χ2n) is 15.8. The highest BCUT2D eigenvalue weighted by Gasteiger charge is 2.49. The molecule has 3 aliphatic carbocycles. The fourth-order valence-corrected chi connectivity index (χ4v) is 16.9. The largest absolute Gasteiger partial charge is 0.179 e. The first-order valence-corrected chi connectivity index (χ1v) is 23.1. The van der Waals surface area contributed by atoms with Crippen molar-refractivity contribution in [3.05, 3.63) is 252 Å². The number of hydrogen-bond donors (Lipinski definition) is 0. The van der Waals surface area contributed by atoms with Gasteiger partial charge in [0.25, 0.3) is 0 Å². The van der Waals surface area contributed by atoms with Crippen molar-refractivity contribution in [3.8, 4) is 22.3 Å². The predicted octanol–water partition coefficient (Wildman–Crippen LogP) is 11.8. The maximum Gasteiger partial charge on any atom is 0.179 e. The molecule has 0 fully saturated rings. The summed E-state index contributed by atoms with van der Waals surface area (Å²) in [4.78, 5) is 0. The predicted molar refractivity (Wildman–Crippen MR) is 249 cm³/mol. The lowest BCUT2D eigenvalue weighted by Crippen LogP contribution is -2.75. The van der Waals surface area contributed by atoms with Gasteiger partial charge in [0.1, 0.15) is 0 Å². The number of rotatable bonds is 6.